The Bertz CT molecular complexity index is 926. The fourth-order valence-electron chi connectivity index (χ4n) is 3.25. The lowest BCUT2D eigenvalue weighted by atomic mass is 9.93. The molecule has 0 aliphatic rings. The number of H-pyrrole nitrogens is 1. The molecule has 2 N–H and O–H groups in total. The molecule has 3 aromatic rings. The fraction of sp³-hybridized carbons (Fsp3) is 0.364. The van der Waals surface area contributed by atoms with Gasteiger partial charge in [0.1, 0.15) is 5.82 Å². The van der Waals surface area contributed by atoms with Crippen LogP contribution in [0.3, 0.4) is 0 Å². The van der Waals surface area contributed by atoms with Crippen molar-refractivity contribution in [1.29, 1.82) is 0 Å². The maximum absolute atomic E-state index is 12.2. The Morgan fingerprint density at radius 3 is 2.27 bits per heavy atom. The van der Waals surface area contributed by atoms with Gasteiger partial charge >= 0.3 is 0 Å². The van der Waals surface area contributed by atoms with Crippen molar-refractivity contribution in [3.05, 3.63) is 75.8 Å². The molecule has 0 unspecified atom stereocenters. The van der Waals surface area contributed by atoms with E-state index in [0.29, 0.717) is 29.6 Å². The topological polar surface area (TPSA) is 57.8 Å². The Labute approximate surface area is 154 Å². The summed E-state index contributed by atoms with van der Waals surface area (Å²) in [6.45, 7) is 9.33. The van der Waals surface area contributed by atoms with Gasteiger partial charge in [0.15, 0.2) is 0 Å². The minimum absolute atomic E-state index is 0.0882. The first kappa shape index (κ1) is 18.3. The van der Waals surface area contributed by atoms with Crippen LogP contribution in [0.25, 0.3) is 10.9 Å². The average Bonchev–Trinajstić information content (AvgIpc) is 2.62. The zero-order valence-electron chi connectivity index (χ0n) is 15.9. The number of aromatic nitrogens is 2. The molecule has 4 heteroatoms. The Balaban J connectivity index is 1.80. The predicted octanol–water partition coefficient (Wildman–Crippen LogP) is 4.53. The average molecular weight is 349 g/mol. The van der Waals surface area contributed by atoms with Crippen molar-refractivity contribution in [2.45, 2.75) is 46.2 Å². The number of nitrogens with zero attached hydrogens (tertiary/aromatic N) is 1. The van der Waals surface area contributed by atoms with Crippen molar-refractivity contribution >= 4 is 10.9 Å². The number of benzene rings is 2. The molecule has 0 amide bonds. The van der Waals surface area contributed by atoms with Crippen LogP contribution in [0.5, 0.6) is 0 Å². The number of para-hydroxylation sites is 1. The summed E-state index contributed by atoms with van der Waals surface area (Å²) in [5, 5.41) is 4.19. The van der Waals surface area contributed by atoms with Crippen LogP contribution in [-0.4, -0.2) is 9.97 Å². The zero-order chi connectivity index (χ0) is 18.7. The van der Waals surface area contributed by atoms with Gasteiger partial charge < -0.3 is 10.3 Å². The lowest BCUT2D eigenvalue weighted by Crippen LogP contribution is -2.27. The Hall–Kier alpha value is -2.46. The minimum Gasteiger partial charge on any atom is -0.309 e. The van der Waals surface area contributed by atoms with Gasteiger partial charge in [0.25, 0.3) is 5.56 Å². The van der Waals surface area contributed by atoms with Crippen LogP contribution in [0.4, 0.5) is 0 Å². The smallest absolute Gasteiger partial charge is 0.258 e. The first-order valence-electron chi connectivity index (χ1n) is 9.27. The summed E-state index contributed by atoms with van der Waals surface area (Å²) < 4.78 is 0. The summed E-state index contributed by atoms with van der Waals surface area (Å²) >= 11 is 0. The summed E-state index contributed by atoms with van der Waals surface area (Å²) in [5.74, 6) is 1.62. The van der Waals surface area contributed by atoms with E-state index in [1.165, 1.54) is 11.1 Å². The maximum atomic E-state index is 12.2. The minimum atomic E-state index is -0.0882. The molecule has 1 heterocycles. The molecule has 0 saturated carbocycles. The zero-order valence-corrected chi connectivity index (χ0v) is 15.9. The van der Waals surface area contributed by atoms with Crippen LogP contribution in [0, 0.1) is 5.92 Å². The lowest BCUT2D eigenvalue weighted by molar-refractivity contribution is 0.406. The standard InChI is InChI=1S/C22H27N3O/c1-14(2)16-9-11-17(12-10-16)21(15(3)4)23-13-20-24-19-8-6-5-7-18(19)22(26)25-20/h5-12,14-15,21,23H,13H2,1-4H3,(H,24,25,26)/t21-/m0/s1. The molecular weight excluding hydrogens is 322 g/mol. The molecule has 0 radical (unpaired) electrons. The molecule has 1 aromatic heterocycles. The number of rotatable bonds is 6. The largest absolute Gasteiger partial charge is 0.309 e. The number of hydrogen-bond acceptors (Lipinski definition) is 3. The van der Waals surface area contributed by atoms with Gasteiger partial charge in [-0.1, -0.05) is 64.1 Å². The first-order valence-corrected chi connectivity index (χ1v) is 9.27. The van der Waals surface area contributed by atoms with Crippen LogP contribution in [0.15, 0.2) is 53.3 Å². The summed E-state index contributed by atoms with van der Waals surface area (Å²) in [6.07, 6.45) is 0. The van der Waals surface area contributed by atoms with Gasteiger partial charge in [-0.25, -0.2) is 4.98 Å². The van der Waals surface area contributed by atoms with Gasteiger partial charge in [-0.15, -0.1) is 0 Å². The second-order valence-corrected chi connectivity index (χ2v) is 7.45. The monoisotopic (exact) mass is 349 g/mol. The van der Waals surface area contributed by atoms with Crippen molar-refractivity contribution in [2.75, 3.05) is 0 Å². The van der Waals surface area contributed by atoms with Gasteiger partial charge in [0.2, 0.25) is 0 Å². The van der Waals surface area contributed by atoms with Crippen molar-refractivity contribution in [1.82, 2.24) is 15.3 Å². The van der Waals surface area contributed by atoms with E-state index in [9.17, 15) is 4.79 Å². The lowest BCUT2D eigenvalue weighted by Gasteiger charge is -2.23. The van der Waals surface area contributed by atoms with E-state index >= 15 is 0 Å². The van der Waals surface area contributed by atoms with E-state index in [2.05, 4.69) is 67.2 Å². The maximum Gasteiger partial charge on any atom is 0.258 e. The molecule has 3 rings (SSSR count). The Kier molecular flexibility index (Phi) is 5.52. The third kappa shape index (κ3) is 4.02. The highest BCUT2D eigenvalue weighted by atomic mass is 16.1. The summed E-state index contributed by atoms with van der Waals surface area (Å²) in [6, 6.07) is 16.4. The normalized spacial score (nSPS) is 12.8. The molecule has 1 atom stereocenters. The molecule has 4 nitrogen and oxygen atoms in total. The first-order chi connectivity index (χ1) is 12.5. The molecule has 0 spiro atoms. The third-order valence-electron chi connectivity index (χ3n) is 4.78. The predicted molar refractivity (Wildman–Crippen MR) is 107 cm³/mol. The van der Waals surface area contributed by atoms with Crippen LogP contribution in [0.2, 0.25) is 0 Å². The molecule has 2 aromatic carbocycles. The highest BCUT2D eigenvalue weighted by molar-refractivity contribution is 5.77. The van der Waals surface area contributed by atoms with Crippen LogP contribution in [-0.2, 0) is 6.54 Å². The van der Waals surface area contributed by atoms with Gasteiger partial charge in [-0.05, 0) is 35.1 Å². The van der Waals surface area contributed by atoms with E-state index in [1.807, 2.05) is 18.2 Å². The Morgan fingerprint density at radius 1 is 0.962 bits per heavy atom. The molecule has 0 aliphatic carbocycles. The highest BCUT2D eigenvalue weighted by Gasteiger charge is 2.16. The number of hydrogen-bond donors (Lipinski definition) is 2. The van der Waals surface area contributed by atoms with Crippen LogP contribution < -0.4 is 10.9 Å². The van der Waals surface area contributed by atoms with E-state index < -0.39 is 0 Å². The third-order valence-corrected chi connectivity index (χ3v) is 4.78. The van der Waals surface area contributed by atoms with E-state index in [4.69, 9.17) is 0 Å². The second-order valence-electron chi connectivity index (χ2n) is 7.45. The van der Waals surface area contributed by atoms with Gasteiger partial charge in [0.05, 0.1) is 17.4 Å². The molecule has 136 valence electrons. The van der Waals surface area contributed by atoms with Crippen molar-refractivity contribution in [2.24, 2.45) is 5.92 Å². The quantitative estimate of drug-likeness (QED) is 0.687. The van der Waals surface area contributed by atoms with Crippen molar-refractivity contribution in [3.63, 3.8) is 0 Å². The summed E-state index contributed by atoms with van der Waals surface area (Å²) in [5.41, 5.74) is 3.24. The van der Waals surface area contributed by atoms with Gasteiger partial charge in [-0.3, -0.25) is 4.79 Å². The summed E-state index contributed by atoms with van der Waals surface area (Å²) in [4.78, 5) is 19.7. The molecular formula is C22H27N3O. The van der Waals surface area contributed by atoms with Gasteiger partial charge in [0, 0.05) is 6.04 Å². The highest BCUT2D eigenvalue weighted by Crippen LogP contribution is 2.24. The molecule has 0 aliphatic heterocycles. The molecule has 0 bridgehead atoms. The van der Waals surface area contributed by atoms with Crippen LogP contribution in [0.1, 0.15) is 56.6 Å². The van der Waals surface area contributed by atoms with E-state index in [1.54, 1.807) is 6.07 Å². The van der Waals surface area contributed by atoms with Crippen molar-refractivity contribution < 1.29 is 0 Å². The van der Waals surface area contributed by atoms with Gasteiger partial charge in [-0.2, -0.15) is 0 Å². The van der Waals surface area contributed by atoms with Crippen molar-refractivity contribution in [3.8, 4) is 0 Å². The van der Waals surface area contributed by atoms with E-state index in [-0.39, 0.29) is 11.6 Å². The molecule has 0 saturated heterocycles. The molecule has 26 heavy (non-hydrogen) atoms. The second kappa shape index (κ2) is 7.83. The Morgan fingerprint density at radius 2 is 1.62 bits per heavy atom. The van der Waals surface area contributed by atoms with Crippen LogP contribution >= 0.6 is 0 Å². The molecule has 0 fully saturated rings. The number of nitrogens with one attached hydrogen (secondary N) is 2. The summed E-state index contributed by atoms with van der Waals surface area (Å²) in [7, 11) is 0. The fourth-order valence-corrected chi connectivity index (χ4v) is 3.25. The number of aromatic amines is 1. The number of fused-ring (bicyclic) bond motifs is 1. The van der Waals surface area contributed by atoms with E-state index in [0.717, 1.165) is 5.52 Å². The SMILES string of the molecule is CC(C)c1ccc([C@@H](NCc2nc3ccccc3c(=O)[nH]2)C(C)C)cc1.